The molecule has 0 saturated carbocycles. The number of piperidine rings is 1. The monoisotopic (exact) mass is 300 g/mol. The third kappa shape index (κ3) is 3.52. The summed E-state index contributed by atoms with van der Waals surface area (Å²) in [4.78, 5) is 12.5. The van der Waals surface area contributed by atoms with Gasteiger partial charge in [-0.3, -0.25) is 4.79 Å². The number of rotatable bonds is 3. The van der Waals surface area contributed by atoms with Crippen LogP contribution in [0.25, 0.3) is 0 Å². The summed E-state index contributed by atoms with van der Waals surface area (Å²) < 4.78 is 0. The SMILES string of the molecule is CC(C)(C)c1ccccc1NC(=O)CC1CC2CCC(C1)N2. The first-order chi connectivity index (χ1) is 10.4. The largest absolute Gasteiger partial charge is 0.326 e. The smallest absolute Gasteiger partial charge is 0.224 e. The van der Waals surface area contributed by atoms with Gasteiger partial charge in [-0.05, 0) is 48.6 Å². The molecule has 1 amide bonds. The highest BCUT2D eigenvalue weighted by atomic mass is 16.1. The molecule has 2 heterocycles. The van der Waals surface area contributed by atoms with E-state index >= 15 is 0 Å². The molecule has 22 heavy (non-hydrogen) atoms. The van der Waals surface area contributed by atoms with Crippen molar-refractivity contribution < 1.29 is 4.79 Å². The van der Waals surface area contributed by atoms with Gasteiger partial charge in [0.15, 0.2) is 0 Å². The fraction of sp³-hybridized carbons (Fsp3) is 0.632. The minimum absolute atomic E-state index is 0.0394. The van der Waals surface area contributed by atoms with Crippen molar-refractivity contribution in [2.75, 3.05) is 5.32 Å². The summed E-state index contributed by atoms with van der Waals surface area (Å²) in [5.41, 5.74) is 2.21. The van der Waals surface area contributed by atoms with Crippen LogP contribution in [0.15, 0.2) is 24.3 Å². The maximum Gasteiger partial charge on any atom is 0.224 e. The molecule has 2 unspecified atom stereocenters. The number of hydrogen-bond donors (Lipinski definition) is 2. The van der Waals surface area contributed by atoms with Gasteiger partial charge < -0.3 is 10.6 Å². The first kappa shape index (κ1) is 15.5. The van der Waals surface area contributed by atoms with Gasteiger partial charge in [-0.2, -0.15) is 0 Å². The van der Waals surface area contributed by atoms with Crippen molar-refractivity contribution in [2.45, 2.75) is 70.4 Å². The molecule has 0 spiro atoms. The summed E-state index contributed by atoms with van der Waals surface area (Å²) in [6, 6.07) is 9.47. The van der Waals surface area contributed by atoms with Gasteiger partial charge in [0.2, 0.25) is 5.91 Å². The number of fused-ring (bicyclic) bond motifs is 2. The molecular weight excluding hydrogens is 272 g/mol. The van der Waals surface area contributed by atoms with Crippen LogP contribution in [0.5, 0.6) is 0 Å². The van der Waals surface area contributed by atoms with Crippen LogP contribution in [0.3, 0.4) is 0 Å². The Morgan fingerprint density at radius 1 is 1.18 bits per heavy atom. The first-order valence-electron chi connectivity index (χ1n) is 8.57. The number of carbonyl (C=O) groups excluding carboxylic acids is 1. The Morgan fingerprint density at radius 3 is 2.45 bits per heavy atom. The van der Waals surface area contributed by atoms with E-state index in [1.165, 1.54) is 18.4 Å². The van der Waals surface area contributed by atoms with Crippen LogP contribution < -0.4 is 10.6 Å². The zero-order chi connectivity index (χ0) is 15.7. The van der Waals surface area contributed by atoms with E-state index < -0.39 is 0 Å². The fourth-order valence-electron chi connectivity index (χ4n) is 4.05. The number of amides is 1. The van der Waals surface area contributed by atoms with E-state index in [-0.39, 0.29) is 11.3 Å². The number of anilines is 1. The van der Waals surface area contributed by atoms with Crippen LogP contribution in [-0.4, -0.2) is 18.0 Å². The molecule has 3 heteroatoms. The van der Waals surface area contributed by atoms with Gasteiger partial charge in [-0.25, -0.2) is 0 Å². The lowest BCUT2D eigenvalue weighted by Gasteiger charge is -2.29. The van der Waals surface area contributed by atoms with Crippen LogP contribution in [0.4, 0.5) is 5.69 Å². The summed E-state index contributed by atoms with van der Waals surface area (Å²) in [5.74, 6) is 0.712. The summed E-state index contributed by atoms with van der Waals surface area (Å²) in [6.45, 7) is 6.55. The number of hydrogen-bond acceptors (Lipinski definition) is 2. The Bertz CT molecular complexity index is 535. The average molecular weight is 300 g/mol. The number of para-hydroxylation sites is 1. The second kappa shape index (κ2) is 6.04. The highest BCUT2D eigenvalue weighted by Gasteiger charge is 2.34. The standard InChI is InChI=1S/C19H28N2O/c1-19(2,3)16-6-4-5-7-17(16)21-18(22)12-13-10-14-8-9-15(11-13)20-14/h4-7,13-15,20H,8-12H2,1-3H3,(H,21,22). The molecule has 2 N–H and O–H groups in total. The lowest BCUT2D eigenvalue weighted by atomic mass is 9.85. The first-order valence-corrected chi connectivity index (χ1v) is 8.57. The van der Waals surface area contributed by atoms with Crippen molar-refractivity contribution in [3.63, 3.8) is 0 Å². The molecule has 2 aliphatic rings. The number of nitrogens with one attached hydrogen (secondary N) is 2. The van der Waals surface area contributed by atoms with Gasteiger partial charge in [0.05, 0.1) is 0 Å². The zero-order valence-electron chi connectivity index (χ0n) is 14.0. The molecule has 2 atom stereocenters. The number of benzene rings is 1. The molecule has 0 aliphatic carbocycles. The van der Waals surface area contributed by atoms with E-state index in [0.29, 0.717) is 24.4 Å². The Hall–Kier alpha value is -1.35. The van der Waals surface area contributed by atoms with Gasteiger partial charge in [0, 0.05) is 24.2 Å². The highest BCUT2D eigenvalue weighted by Crippen LogP contribution is 2.33. The molecule has 2 saturated heterocycles. The number of carbonyl (C=O) groups is 1. The molecule has 2 bridgehead atoms. The third-order valence-electron chi connectivity index (χ3n) is 5.05. The molecule has 120 valence electrons. The Morgan fingerprint density at radius 2 is 1.82 bits per heavy atom. The van der Waals surface area contributed by atoms with Crippen LogP contribution in [0.1, 0.15) is 58.4 Å². The van der Waals surface area contributed by atoms with Crippen molar-refractivity contribution in [1.29, 1.82) is 0 Å². The fourth-order valence-corrected chi connectivity index (χ4v) is 4.05. The van der Waals surface area contributed by atoms with Gasteiger partial charge in [0.25, 0.3) is 0 Å². The van der Waals surface area contributed by atoms with E-state index in [1.54, 1.807) is 0 Å². The van der Waals surface area contributed by atoms with Gasteiger partial charge in [-0.1, -0.05) is 39.0 Å². The Labute approximate surface area is 133 Å². The molecule has 1 aromatic rings. The molecule has 2 fully saturated rings. The molecule has 0 radical (unpaired) electrons. The Balaban J connectivity index is 1.63. The molecule has 0 aromatic heterocycles. The highest BCUT2D eigenvalue weighted by molar-refractivity contribution is 5.91. The van der Waals surface area contributed by atoms with Crippen molar-refractivity contribution in [2.24, 2.45) is 5.92 Å². The quantitative estimate of drug-likeness (QED) is 0.890. The molecule has 2 aliphatic heterocycles. The molecule has 1 aromatic carbocycles. The predicted molar refractivity (Wildman–Crippen MR) is 91.1 cm³/mol. The second-order valence-electron chi connectivity index (χ2n) is 8.02. The van der Waals surface area contributed by atoms with Crippen LogP contribution in [0.2, 0.25) is 0 Å². The van der Waals surface area contributed by atoms with Crippen molar-refractivity contribution in [3.05, 3.63) is 29.8 Å². The Kier molecular flexibility index (Phi) is 4.26. The minimum atomic E-state index is 0.0394. The zero-order valence-corrected chi connectivity index (χ0v) is 14.0. The molecule has 3 rings (SSSR count). The summed E-state index contributed by atoms with van der Waals surface area (Å²) >= 11 is 0. The third-order valence-corrected chi connectivity index (χ3v) is 5.05. The molecule has 3 nitrogen and oxygen atoms in total. The van der Waals surface area contributed by atoms with Gasteiger partial charge in [0.1, 0.15) is 0 Å². The topological polar surface area (TPSA) is 41.1 Å². The van der Waals surface area contributed by atoms with Crippen molar-refractivity contribution in [1.82, 2.24) is 5.32 Å². The second-order valence-corrected chi connectivity index (χ2v) is 8.02. The van der Waals surface area contributed by atoms with Gasteiger partial charge >= 0.3 is 0 Å². The van der Waals surface area contributed by atoms with E-state index in [4.69, 9.17) is 0 Å². The van der Waals surface area contributed by atoms with E-state index in [0.717, 1.165) is 18.5 Å². The summed E-state index contributed by atoms with van der Waals surface area (Å²) in [6.07, 6.45) is 5.55. The average Bonchev–Trinajstić information content (AvgIpc) is 2.77. The summed E-state index contributed by atoms with van der Waals surface area (Å²) in [5, 5.41) is 6.80. The summed E-state index contributed by atoms with van der Waals surface area (Å²) in [7, 11) is 0. The van der Waals surface area contributed by atoms with Crippen LogP contribution in [-0.2, 0) is 10.2 Å². The predicted octanol–water partition coefficient (Wildman–Crippen LogP) is 3.84. The maximum atomic E-state index is 12.5. The lowest BCUT2D eigenvalue weighted by molar-refractivity contribution is -0.117. The van der Waals surface area contributed by atoms with E-state index in [1.807, 2.05) is 18.2 Å². The normalized spacial score (nSPS) is 27.7. The van der Waals surface area contributed by atoms with E-state index in [2.05, 4.69) is 37.5 Å². The van der Waals surface area contributed by atoms with Crippen LogP contribution in [0, 0.1) is 5.92 Å². The minimum Gasteiger partial charge on any atom is -0.326 e. The van der Waals surface area contributed by atoms with Gasteiger partial charge in [-0.15, -0.1) is 0 Å². The van der Waals surface area contributed by atoms with Crippen LogP contribution >= 0.6 is 0 Å². The maximum absolute atomic E-state index is 12.5. The molecular formula is C19H28N2O. The van der Waals surface area contributed by atoms with Crippen molar-refractivity contribution in [3.8, 4) is 0 Å². The van der Waals surface area contributed by atoms with E-state index in [9.17, 15) is 4.79 Å². The van der Waals surface area contributed by atoms with Crippen molar-refractivity contribution >= 4 is 11.6 Å². The lowest BCUT2D eigenvalue weighted by Crippen LogP contribution is -2.39.